The normalized spacial score (nSPS) is 22.8. The maximum atomic E-state index is 12.9. The fraction of sp³-hybridized carbons (Fsp3) is 0.688. The highest BCUT2D eigenvalue weighted by Gasteiger charge is 2.35. The monoisotopic (exact) mass is 352 g/mol. The molecule has 7 nitrogen and oxygen atoms in total. The van der Waals surface area contributed by atoms with Gasteiger partial charge < -0.3 is 9.80 Å². The summed E-state index contributed by atoms with van der Waals surface area (Å²) >= 11 is 0. The lowest BCUT2D eigenvalue weighted by atomic mass is 10.2. The highest BCUT2D eigenvalue weighted by atomic mass is 32.2. The number of anilines is 1. The Balaban J connectivity index is 1.85. The van der Waals surface area contributed by atoms with Gasteiger partial charge in [-0.15, -0.1) is 0 Å². The Morgan fingerprint density at radius 1 is 1.33 bits per heavy atom. The molecular formula is C16H24N4O3S. The van der Waals surface area contributed by atoms with Crippen LogP contribution in [0.15, 0.2) is 6.07 Å². The molecule has 2 aliphatic rings. The lowest BCUT2D eigenvalue weighted by Crippen LogP contribution is -2.41. The van der Waals surface area contributed by atoms with Gasteiger partial charge in [0.25, 0.3) is 5.91 Å². The van der Waals surface area contributed by atoms with Gasteiger partial charge in [-0.2, -0.15) is 0 Å². The van der Waals surface area contributed by atoms with Crippen LogP contribution in [0, 0.1) is 6.92 Å². The second kappa shape index (κ2) is 6.66. The number of aromatic nitrogens is 2. The van der Waals surface area contributed by atoms with Crippen molar-refractivity contribution in [3.63, 3.8) is 0 Å². The fourth-order valence-electron chi connectivity index (χ4n) is 3.51. The predicted molar refractivity (Wildman–Crippen MR) is 92.0 cm³/mol. The van der Waals surface area contributed by atoms with E-state index in [-0.39, 0.29) is 23.5 Å². The van der Waals surface area contributed by atoms with Crippen LogP contribution in [-0.2, 0) is 9.84 Å². The first-order valence-corrected chi connectivity index (χ1v) is 10.3. The minimum atomic E-state index is -3.03. The van der Waals surface area contributed by atoms with Crippen LogP contribution < -0.4 is 4.90 Å². The molecule has 1 aromatic rings. The van der Waals surface area contributed by atoms with E-state index in [0.717, 1.165) is 31.7 Å². The Kier molecular flexibility index (Phi) is 4.76. The Hall–Kier alpha value is -1.70. The smallest absolute Gasteiger partial charge is 0.272 e. The number of carbonyl (C=O) groups is 1. The van der Waals surface area contributed by atoms with Gasteiger partial charge in [-0.1, -0.05) is 0 Å². The number of rotatable bonds is 4. The quantitative estimate of drug-likeness (QED) is 0.805. The maximum absolute atomic E-state index is 12.9. The fourth-order valence-corrected chi connectivity index (χ4v) is 5.24. The van der Waals surface area contributed by atoms with Crippen LogP contribution >= 0.6 is 0 Å². The molecule has 3 rings (SSSR count). The van der Waals surface area contributed by atoms with E-state index in [2.05, 4.69) is 14.9 Å². The van der Waals surface area contributed by atoms with Gasteiger partial charge in [0.05, 0.1) is 11.5 Å². The SMILES string of the molecule is CCN(C(=O)c1cc(N2CCCC2)nc(C)n1)C1CCS(=O)(=O)C1. The van der Waals surface area contributed by atoms with Crippen LogP contribution in [0.2, 0.25) is 0 Å². The molecule has 24 heavy (non-hydrogen) atoms. The van der Waals surface area contributed by atoms with Crippen molar-refractivity contribution in [3.05, 3.63) is 17.6 Å². The molecule has 0 spiro atoms. The average molecular weight is 352 g/mol. The maximum Gasteiger partial charge on any atom is 0.272 e. The summed E-state index contributed by atoms with van der Waals surface area (Å²) in [4.78, 5) is 25.5. The Bertz CT molecular complexity index is 729. The molecule has 0 N–H and O–H groups in total. The van der Waals surface area contributed by atoms with Crippen molar-refractivity contribution in [2.24, 2.45) is 0 Å². The Morgan fingerprint density at radius 2 is 2.04 bits per heavy atom. The van der Waals surface area contributed by atoms with Crippen LogP contribution in [0.25, 0.3) is 0 Å². The topological polar surface area (TPSA) is 83.5 Å². The molecule has 0 saturated carbocycles. The summed E-state index contributed by atoms with van der Waals surface area (Å²) < 4.78 is 23.5. The van der Waals surface area contributed by atoms with E-state index in [1.165, 1.54) is 0 Å². The van der Waals surface area contributed by atoms with Crippen molar-refractivity contribution in [1.82, 2.24) is 14.9 Å². The van der Waals surface area contributed by atoms with E-state index in [4.69, 9.17) is 0 Å². The average Bonchev–Trinajstić information content (AvgIpc) is 3.17. The van der Waals surface area contributed by atoms with Crippen LogP contribution in [-0.4, -0.2) is 66.4 Å². The van der Waals surface area contributed by atoms with E-state index in [1.807, 2.05) is 6.92 Å². The molecule has 2 aliphatic heterocycles. The molecule has 132 valence electrons. The van der Waals surface area contributed by atoms with Crippen molar-refractivity contribution >= 4 is 21.6 Å². The predicted octanol–water partition coefficient (Wildman–Crippen LogP) is 1.03. The lowest BCUT2D eigenvalue weighted by Gasteiger charge is -2.27. The van der Waals surface area contributed by atoms with E-state index >= 15 is 0 Å². The molecule has 2 saturated heterocycles. The summed E-state index contributed by atoms with van der Waals surface area (Å²) in [5, 5.41) is 0. The van der Waals surface area contributed by atoms with Gasteiger partial charge in [0, 0.05) is 31.7 Å². The number of hydrogen-bond acceptors (Lipinski definition) is 6. The Labute approximate surface area is 143 Å². The molecule has 8 heteroatoms. The molecule has 0 bridgehead atoms. The minimum Gasteiger partial charge on any atom is -0.356 e. The first-order chi connectivity index (χ1) is 11.4. The minimum absolute atomic E-state index is 0.0512. The molecule has 1 atom stereocenters. The summed E-state index contributed by atoms with van der Waals surface area (Å²) in [5.74, 6) is 1.36. The molecule has 1 aromatic heterocycles. The van der Waals surface area contributed by atoms with Crippen LogP contribution in [0.1, 0.15) is 42.5 Å². The van der Waals surface area contributed by atoms with E-state index in [0.29, 0.717) is 24.5 Å². The summed E-state index contributed by atoms with van der Waals surface area (Å²) in [5.41, 5.74) is 0.357. The van der Waals surface area contributed by atoms with Crippen LogP contribution in [0.5, 0.6) is 0 Å². The van der Waals surface area contributed by atoms with Crippen molar-refractivity contribution in [3.8, 4) is 0 Å². The lowest BCUT2D eigenvalue weighted by molar-refractivity contribution is 0.0702. The largest absolute Gasteiger partial charge is 0.356 e. The summed E-state index contributed by atoms with van der Waals surface area (Å²) in [6, 6.07) is 1.49. The zero-order valence-electron chi connectivity index (χ0n) is 14.2. The highest BCUT2D eigenvalue weighted by molar-refractivity contribution is 7.91. The molecular weight excluding hydrogens is 328 g/mol. The van der Waals surface area contributed by atoms with Gasteiger partial charge in [-0.05, 0) is 33.1 Å². The highest BCUT2D eigenvalue weighted by Crippen LogP contribution is 2.22. The number of amides is 1. The van der Waals surface area contributed by atoms with Crippen molar-refractivity contribution in [2.45, 2.75) is 39.2 Å². The molecule has 0 radical (unpaired) electrons. The second-order valence-corrected chi connectivity index (χ2v) is 8.73. The number of hydrogen-bond donors (Lipinski definition) is 0. The number of nitrogens with zero attached hydrogens (tertiary/aromatic N) is 4. The van der Waals surface area contributed by atoms with Crippen molar-refractivity contribution in [2.75, 3.05) is 36.0 Å². The molecule has 0 aliphatic carbocycles. The number of aryl methyl sites for hydroxylation is 1. The van der Waals surface area contributed by atoms with E-state index in [1.54, 1.807) is 17.9 Å². The molecule has 3 heterocycles. The van der Waals surface area contributed by atoms with Gasteiger partial charge in [-0.25, -0.2) is 18.4 Å². The number of sulfone groups is 1. The van der Waals surface area contributed by atoms with Gasteiger partial charge in [0.15, 0.2) is 9.84 Å². The molecule has 0 aromatic carbocycles. The van der Waals surface area contributed by atoms with Gasteiger partial charge in [0.2, 0.25) is 0 Å². The molecule has 2 fully saturated rings. The summed E-state index contributed by atoms with van der Waals surface area (Å²) in [7, 11) is -3.03. The summed E-state index contributed by atoms with van der Waals surface area (Å²) in [6.45, 7) is 6.02. The Morgan fingerprint density at radius 3 is 2.62 bits per heavy atom. The van der Waals surface area contributed by atoms with Crippen molar-refractivity contribution < 1.29 is 13.2 Å². The zero-order valence-corrected chi connectivity index (χ0v) is 15.0. The zero-order chi connectivity index (χ0) is 17.3. The van der Waals surface area contributed by atoms with Gasteiger partial charge >= 0.3 is 0 Å². The third-order valence-corrected chi connectivity index (χ3v) is 6.47. The van der Waals surface area contributed by atoms with Crippen LogP contribution in [0.4, 0.5) is 5.82 Å². The molecule has 1 unspecified atom stereocenters. The van der Waals surface area contributed by atoms with E-state index in [9.17, 15) is 13.2 Å². The first-order valence-electron chi connectivity index (χ1n) is 8.51. The van der Waals surface area contributed by atoms with Crippen LogP contribution in [0.3, 0.4) is 0 Å². The summed E-state index contributed by atoms with van der Waals surface area (Å²) in [6.07, 6.45) is 2.77. The van der Waals surface area contributed by atoms with Gasteiger partial charge in [-0.3, -0.25) is 4.79 Å². The second-order valence-electron chi connectivity index (χ2n) is 6.50. The third kappa shape index (κ3) is 3.53. The van der Waals surface area contributed by atoms with Crippen molar-refractivity contribution in [1.29, 1.82) is 0 Å². The van der Waals surface area contributed by atoms with E-state index < -0.39 is 9.84 Å². The van der Waals surface area contributed by atoms with Gasteiger partial charge in [0.1, 0.15) is 17.3 Å². The number of carbonyl (C=O) groups excluding carboxylic acids is 1. The third-order valence-electron chi connectivity index (χ3n) is 4.72. The molecule has 1 amide bonds. The standard InChI is InChI=1S/C16H24N4O3S/c1-3-20(13-6-9-24(22,23)11-13)16(21)14-10-15(18-12(2)17-14)19-7-4-5-8-19/h10,13H,3-9,11H2,1-2H3. The first kappa shape index (κ1) is 17.1.